The number of ketones is 1. The highest BCUT2D eigenvalue weighted by atomic mass is 35.5. The van der Waals surface area contributed by atoms with Crippen molar-refractivity contribution in [3.8, 4) is 0 Å². The van der Waals surface area contributed by atoms with Crippen molar-refractivity contribution in [3.63, 3.8) is 0 Å². The number of halogens is 1. The Bertz CT molecular complexity index is 501. The third kappa shape index (κ3) is 2.62. The Morgan fingerprint density at radius 2 is 1.81 bits per heavy atom. The van der Waals surface area contributed by atoms with E-state index in [0.717, 1.165) is 12.8 Å². The SMILES string of the molecule is O=C(CS(=O)(=O)c1ccc(Cl)cc1)C1CC1. The monoisotopic (exact) mass is 258 g/mol. The van der Waals surface area contributed by atoms with Crippen LogP contribution in [0.15, 0.2) is 29.2 Å². The lowest BCUT2D eigenvalue weighted by molar-refractivity contribution is -0.117. The first-order valence-electron chi connectivity index (χ1n) is 5.00. The van der Waals surface area contributed by atoms with Gasteiger partial charge in [-0.05, 0) is 37.1 Å². The fraction of sp³-hybridized carbons (Fsp3) is 0.364. The summed E-state index contributed by atoms with van der Waals surface area (Å²) in [6.45, 7) is 0. The smallest absolute Gasteiger partial charge is 0.185 e. The molecule has 3 nitrogen and oxygen atoms in total. The van der Waals surface area contributed by atoms with Gasteiger partial charge in [-0.2, -0.15) is 0 Å². The van der Waals surface area contributed by atoms with Crippen molar-refractivity contribution in [1.29, 1.82) is 0 Å². The molecule has 0 atom stereocenters. The van der Waals surface area contributed by atoms with Crippen LogP contribution < -0.4 is 0 Å². The second-order valence-corrected chi connectivity index (χ2v) is 6.38. The standard InChI is InChI=1S/C11H11ClO3S/c12-9-3-5-10(6-4-9)16(14,15)7-11(13)8-1-2-8/h3-6,8H,1-2,7H2. The van der Waals surface area contributed by atoms with Crippen LogP contribution >= 0.6 is 11.6 Å². The Balaban J connectivity index is 2.17. The van der Waals surface area contributed by atoms with Crippen molar-refractivity contribution >= 4 is 27.2 Å². The summed E-state index contributed by atoms with van der Waals surface area (Å²) in [5.74, 6) is -0.587. The van der Waals surface area contributed by atoms with Crippen molar-refractivity contribution in [1.82, 2.24) is 0 Å². The number of benzene rings is 1. The van der Waals surface area contributed by atoms with Gasteiger partial charge in [-0.25, -0.2) is 8.42 Å². The third-order valence-electron chi connectivity index (χ3n) is 2.54. The maximum absolute atomic E-state index is 11.8. The molecule has 0 aliphatic heterocycles. The van der Waals surface area contributed by atoms with E-state index in [1.165, 1.54) is 24.3 Å². The van der Waals surface area contributed by atoms with Crippen LogP contribution in [0, 0.1) is 5.92 Å². The minimum atomic E-state index is -3.49. The predicted molar refractivity (Wildman–Crippen MR) is 61.2 cm³/mol. The van der Waals surface area contributed by atoms with Gasteiger partial charge >= 0.3 is 0 Å². The molecular formula is C11H11ClO3S. The van der Waals surface area contributed by atoms with Gasteiger partial charge in [-0.1, -0.05) is 11.6 Å². The number of carbonyl (C=O) groups is 1. The molecule has 0 saturated heterocycles. The fourth-order valence-electron chi connectivity index (χ4n) is 1.44. The average molecular weight is 259 g/mol. The van der Waals surface area contributed by atoms with Crippen molar-refractivity contribution in [2.24, 2.45) is 5.92 Å². The molecule has 0 heterocycles. The molecule has 5 heteroatoms. The van der Waals surface area contributed by atoms with E-state index in [-0.39, 0.29) is 22.3 Å². The molecule has 0 amide bonds. The van der Waals surface area contributed by atoms with Gasteiger partial charge in [0.05, 0.1) is 4.90 Å². The van der Waals surface area contributed by atoms with Crippen LogP contribution in [-0.4, -0.2) is 20.0 Å². The van der Waals surface area contributed by atoms with Crippen molar-refractivity contribution in [2.45, 2.75) is 17.7 Å². The van der Waals surface area contributed by atoms with Crippen LogP contribution in [0.4, 0.5) is 0 Å². The summed E-state index contributed by atoms with van der Waals surface area (Å²) < 4.78 is 23.6. The maximum Gasteiger partial charge on any atom is 0.185 e. The molecule has 86 valence electrons. The van der Waals surface area contributed by atoms with Gasteiger partial charge in [-0.3, -0.25) is 4.79 Å². The Kier molecular flexibility index (Phi) is 3.04. The molecule has 0 radical (unpaired) electrons. The molecule has 1 fully saturated rings. The van der Waals surface area contributed by atoms with E-state index in [4.69, 9.17) is 11.6 Å². The number of hydrogen-bond acceptors (Lipinski definition) is 3. The van der Waals surface area contributed by atoms with Crippen LogP contribution in [0.5, 0.6) is 0 Å². The minimum Gasteiger partial charge on any atom is -0.298 e. The molecule has 16 heavy (non-hydrogen) atoms. The van der Waals surface area contributed by atoms with Gasteiger partial charge in [0.15, 0.2) is 15.6 Å². The molecule has 1 aromatic carbocycles. The number of carbonyl (C=O) groups excluding carboxylic acids is 1. The minimum absolute atomic E-state index is 0.0259. The first-order valence-corrected chi connectivity index (χ1v) is 7.03. The lowest BCUT2D eigenvalue weighted by Gasteiger charge is -2.03. The molecule has 1 saturated carbocycles. The number of hydrogen-bond donors (Lipinski definition) is 0. The zero-order valence-corrected chi connectivity index (χ0v) is 10.1. The second-order valence-electron chi connectivity index (χ2n) is 3.95. The zero-order chi connectivity index (χ0) is 11.8. The third-order valence-corrected chi connectivity index (χ3v) is 4.44. The van der Waals surface area contributed by atoms with Gasteiger partial charge in [0.2, 0.25) is 0 Å². The summed E-state index contributed by atoms with van der Waals surface area (Å²) in [6, 6.07) is 5.88. The van der Waals surface area contributed by atoms with E-state index in [0.29, 0.717) is 5.02 Å². The van der Waals surface area contributed by atoms with Crippen LogP contribution in [0.25, 0.3) is 0 Å². The Labute approximate surface area is 99.3 Å². The molecular weight excluding hydrogens is 248 g/mol. The molecule has 2 rings (SSSR count). The molecule has 0 aromatic heterocycles. The normalized spacial score (nSPS) is 16.1. The highest BCUT2D eigenvalue weighted by molar-refractivity contribution is 7.92. The zero-order valence-electron chi connectivity index (χ0n) is 8.52. The van der Waals surface area contributed by atoms with Gasteiger partial charge in [0.1, 0.15) is 5.75 Å². The molecule has 1 aromatic rings. The highest BCUT2D eigenvalue weighted by Crippen LogP contribution is 2.30. The van der Waals surface area contributed by atoms with Crippen molar-refractivity contribution < 1.29 is 13.2 Å². The van der Waals surface area contributed by atoms with E-state index < -0.39 is 9.84 Å². The summed E-state index contributed by atoms with van der Waals surface area (Å²) in [5, 5.41) is 0.479. The lowest BCUT2D eigenvalue weighted by atomic mass is 10.3. The van der Waals surface area contributed by atoms with Crippen molar-refractivity contribution in [3.05, 3.63) is 29.3 Å². The first-order chi connectivity index (χ1) is 7.49. The Morgan fingerprint density at radius 1 is 1.25 bits per heavy atom. The largest absolute Gasteiger partial charge is 0.298 e. The van der Waals surface area contributed by atoms with E-state index >= 15 is 0 Å². The first kappa shape index (κ1) is 11.6. The predicted octanol–water partition coefficient (Wildman–Crippen LogP) is 2.09. The summed E-state index contributed by atoms with van der Waals surface area (Å²) in [7, 11) is -3.49. The molecule has 0 unspecified atom stereocenters. The quantitative estimate of drug-likeness (QED) is 0.831. The summed E-state index contributed by atoms with van der Waals surface area (Å²) in [5.41, 5.74) is 0. The topological polar surface area (TPSA) is 51.2 Å². The van der Waals surface area contributed by atoms with E-state index in [1.807, 2.05) is 0 Å². The van der Waals surface area contributed by atoms with E-state index in [1.54, 1.807) is 0 Å². The van der Waals surface area contributed by atoms with Gasteiger partial charge in [0.25, 0.3) is 0 Å². The Morgan fingerprint density at radius 3 is 2.31 bits per heavy atom. The van der Waals surface area contributed by atoms with Crippen LogP contribution in [0.1, 0.15) is 12.8 Å². The molecule has 1 aliphatic rings. The molecule has 0 spiro atoms. The van der Waals surface area contributed by atoms with Gasteiger partial charge in [-0.15, -0.1) is 0 Å². The summed E-state index contributed by atoms with van der Waals surface area (Å²) in [4.78, 5) is 11.6. The van der Waals surface area contributed by atoms with Crippen LogP contribution in [0.2, 0.25) is 5.02 Å². The summed E-state index contributed by atoms with van der Waals surface area (Å²) in [6.07, 6.45) is 1.66. The summed E-state index contributed by atoms with van der Waals surface area (Å²) >= 11 is 5.67. The van der Waals surface area contributed by atoms with Crippen LogP contribution in [0.3, 0.4) is 0 Å². The van der Waals surface area contributed by atoms with Gasteiger partial charge < -0.3 is 0 Å². The lowest BCUT2D eigenvalue weighted by Crippen LogP contribution is -2.17. The van der Waals surface area contributed by atoms with Crippen LogP contribution in [-0.2, 0) is 14.6 Å². The fourth-order valence-corrected chi connectivity index (χ4v) is 2.89. The molecule has 1 aliphatic carbocycles. The van der Waals surface area contributed by atoms with E-state index in [2.05, 4.69) is 0 Å². The number of sulfone groups is 1. The molecule has 0 bridgehead atoms. The molecule has 0 N–H and O–H groups in total. The number of Topliss-reactive ketones (excluding diaryl/α,β-unsaturated/α-hetero) is 1. The van der Waals surface area contributed by atoms with Crippen molar-refractivity contribution in [2.75, 3.05) is 5.75 Å². The maximum atomic E-state index is 11.8. The average Bonchev–Trinajstić information content (AvgIpc) is 3.00. The van der Waals surface area contributed by atoms with E-state index in [9.17, 15) is 13.2 Å². The van der Waals surface area contributed by atoms with Gasteiger partial charge in [0, 0.05) is 10.9 Å². The Hall–Kier alpha value is -0.870. The highest BCUT2D eigenvalue weighted by Gasteiger charge is 2.32. The second kappa shape index (κ2) is 4.18. The number of rotatable bonds is 4.